The molecule has 1 aromatic carbocycles. The van der Waals surface area contributed by atoms with E-state index in [-0.39, 0.29) is 12.4 Å². The molecule has 0 aliphatic carbocycles. The first-order chi connectivity index (χ1) is 11.6. The van der Waals surface area contributed by atoms with Gasteiger partial charge in [-0.1, -0.05) is 29.8 Å². The van der Waals surface area contributed by atoms with Crippen LogP contribution in [-0.4, -0.2) is 35.5 Å². The van der Waals surface area contributed by atoms with Gasteiger partial charge in [-0.15, -0.1) is 0 Å². The summed E-state index contributed by atoms with van der Waals surface area (Å²) in [6.45, 7) is 0.445. The fourth-order valence-electron chi connectivity index (χ4n) is 2.06. The molecule has 0 atom stereocenters. The van der Waals surface area contributed by atoms with Crippen LogP contribution < -0.4 is 0 Å². The Labute approximate surface area is 144 Å². The molecule has 0 spiro atoms. The highest BCUT2D eigenvalue weighted by Gasteiger charge is 2.29. The van der Waals surface area contributed by atoms with Crippen LogP contribution in [0.5, 0.6) is 0 Å². The van der Waals surface area contributed by atoms with Crippen molar-refractivity contribution in [3.63, 3.8) is 0 Å². The first kappa shape index (κ1) is 19.2. The van der Waals surface area contributed by atoms with Crippen LogP contribution in [0.3, 0.4) is 0 Å². The average Bonchev–Trinajstić information content (AvgIpc) is 2.91. The highest BCUT2D eigenvalue weighted by atomic mass is 32.2. The summed E-state index contributed by atoms with van der Waals surface area (Å²) in [5, 5.41) is 1.02. The minimum absolute atomic E-state index is 0.0205. The highest BCUT2D eigenvalue weighted by molar-refractivity contribution is 7.92. The molecule has 136 valence electrons. The van der Waals surface area contributed by atoms with Gasteiger partial charge in [0.1, 0.15) is 12.4 Å². The molecular formula is C16H18F3N3O2S. The Morgan fingerprint density at radius 3 is 2.48 bits per heavy atom. The number of aromatic nitrogens is 2. The summed E-state index contributed by atoms with van der Waals surface area (Å²) in [6.07, 6.45) is -0.583. The number of nitrogens with zero attached hydrogens (tertiary/aromatic N) is 3. The maximum atomic E-state index is 12.5. The van der Waals surface area contributed by atoms with Gasteiger partial charge in [0, 0.05) is 24.8 Å². The Kier molecular flexibility index (Phi) is 5.69. The van der Waals surface area contributed by atoms with E-state index in [2.05, 4.69) is 4.98 Å². The third kappa shape index (κ3) is 5.71. The van der Waals surface area contributed by atoms with Crippen LogP contribution in [0, 0.1) is 6.92 Å². The van der Waals surface area contributed by atoms with Gasteiger partial charge in [0.15, 0.2) is 0 Å². The number of halogens is 3. The fraction of sp³-hybridized carbons (Fsp3) is 0.312. The largest absolute Gasteiger partial charge is 0.406 e. The van der Waals surface area contributed by atoms with Crippen molar-refractivity contribution in [2.75, 3.05) is 7.05 Å². The van der Waals surface area contributed by atoms with Gasteiger partial charge < -0.3 is 4.57 Å². The number of alkyl halides is 3. The molecule has 5 nitrogen and oxygen atoms in total. The molecule has 0 radical (unpaired) electrons. The van der Waals surface area contributed by atoms with Crippen LogP contribution >= 0.6 is 0 Å². The van der Waals surface area contributed by atoms with Gasteiger partial charge in [0.2, 0.25) is 10.0 Å². The summed E-state index contributed by atoms with van der Waals surface area (Å²) in [5.41, 5.74) is 1.76. The lowest BCUT2D eigenvalue weighted by Crippen LogP contribution is -2.27. The Balaban J connectivity index is 2.10. The van der Waals surface area contributed by atoms with Gasteiger partial charge in [-0.2, -0.15) is 17.5 Å². The molecule has 0 saturated heterocycles. The normalized spacial score (nSPS) is 13.0. The third-order valence-corrected chi connectivity index (χ3v) is 4.94. The monoisotopic (exact) mass is 373 g/mol. The molecule has 2 aromatic rings. The summed E-state index contributed by atoms with van der Waals surface area (Å²) in [4.78, 5) is 3.81. The quantitative estimate of drug-likeness (QED) is 0.781. The van der Waals surface area contributed by atoms with E-state index in [1.54, 1.807) is 12.1 Å². The molecule has 0 amide bonds. The fourth-order valence-corrected chi connectivity index (χ4v) is 2.90. The van der Waals surface area contributed by atoms with Gasteiger partial charge in [-0.05, 0) is 18.6 Å². The number of hydrogen-bond acceptors (Lipinski definition) is 3. The molecule has 0 saturated carbocycles. The van der Waals surface area contributed by atoms with Crippen molar-refractivity contribution in [2.45, 2.75) is 26.2 Å². The van der Waals surface area contributed by atoms with Gasteiger partial charge in [-0.3, -0.25) is 0 Å². The molecule has 1 aromatic heterocycles. The summed E-state index contributed by atoms with van der Waals surface area (Å²) in [7, 11) is -2.49. The molecule has 0 aliphatic rings. The molecule has 0 unspecified atom stereocenters. The van der Waals surface area contributed by atoms with Crippen molar-refractivity contribution in [3.8, 4) is 0 Å². The SMILES string of the molecule is Cc1ccc(/C=C/S(=O)(=O)N(C)Cc2nccn2CC(F)(F)F)cc1. The number of imidazole rings is 1. The van der Waals surface area contributed by atoms with Crippen LogP contribution in [-0.2, 0) is 23.1 Å². The zero-order chi connectivity index (χ0) is 18.7. The average molecular weight is 373 g/mol. The van der Waals surface area contributed by atoms with E-state index < -0.39 is 22.7 Å². The van der Waals surface area contributed by atoms with Crippen molar-refractivity contribution in [1.82, 2.24) is 13.9 Å². The number of sulfonamides is 1. The van der Waals surface area contributed by atoms with Crippen LogP contribution in [0.15, 0.2) is 42.1 Å². The Bertz CT molecular complexity index is 840. The Hall–Kier alpha value is -2.13. The Morgan fingerprint density at radius 1 is 1.24 bits per heavy atom. The van der Waals surface area contributed by atoms with Gasteiger partial charge in [0.05, 0.1) is 6.54 Å². The Morgan fingerprint density at radius 2 is 1.88 bits per heavy atom. The summed E-state index contributed by atoms with van der Waals surface area (Å²) >= 11 is 0. The first-order valence-corrected chi connectivity index (χ1v) is 8.85. The number of rotatable bonds is 6. The van der Waals surface area contributed by atoms with Crippen LogP contribution in [0.1, 0.15) is 17.0 Å². The standard InChI is InChI=1S/C16H18F3N3O2S/c1-13-3-5-14(6-4-13)7-10-25(23,24)21(2)11-15-20-8-9-22(15)12-16(17,18)19/h3-10H,11-12H2,1-2H3/b10-7+. The third-order valence-electron chi connectivity index (χ3n) is 3.46. The lowest BCUT2D eigenvalue weighted by Gasteiger charge is -2.16. The second-order valence-electron chi connectivity index (χ2n) is 5.60. The van der Waals surface area contributed by atoms with Crippen LogP contribution in [0.2, 0.25) is 0 Å². The van der Waals surface area contributed by atoms with E-state index >= 15 is 0 Å². The smallest absolute Gasteiger partial charge is 0.325 e. The summed E-state index contributed by atoms with van der Waals surface area (Å²) < 4.78 is 63.9. The predicted molar refractivity (Wildman–Crippen MR) is 88.9 cm³/mol. The second kappa shape index (κ2) is 7.40. The van der Waals surface area contributed by atoms with E-state index in [0.717, 1.165) is 19.8 Å². The van der Waals surface area contributed by atoms with Crippen molar-refractivity contribution in [3.05, 3.63) is 59.0 Å². The molecule has 1 heterocycles. The second-order valence-corrected chi connectivity index (χ2v) is 7.53. The van der Waals surface area contributed by atoms with Crippen LogP contribution in [0.4, 0.5) is 13.2 Å². The molecule has 0 fully saturated rings. The summed E-state index contributed by atoms with van der Waals surface area (Å²) in [6, 6.07) is 7.25. The minimum atomic E-state index is -4.40. The van der Waals surface area contributed by atoms with E-state index in [9.17, 15) is 21.6 Å². The molecular weight excluding hydrogens is 355 g/mol. The number of aryl methyl sites for hydroxylation is 1. The molecule has 0 aliphatic heterocycles. The minimum Gasteiger partial charge on any atom is -0.325 e. The zero-order valence-corrected chi connectivity index (χ0v) is 14.5. The van der Waals surface area contributed by atoms with Crippen LogP contribution in [0.25, 0.3) is 6.08 Å². The van der Waals surface area contributed by atoms with Crippen molar-refractivity contribution in [1.29, 1.82) is 0 Å². The molecule has 25 heavy (non-hydrogen) atoms. The van der Waals surface area contributed by atoms with E-state index in [4.69, 9.17) is 0 Å². The van der Waals surface area contributed by atoms with Gasteiger partial charge in [-0.25, -0.2) is 13.4 Å². The van der Waals surface area contributed by atoms with Crippen molar-refractivity contribution in [2.24, 2.45) is 0 Å². The molecule has 0 N–H and O–H groups in total. The highest BCUT2D eigenvalue weighted by Crippen LogP contribution is 2.19. The maximum absolute atomic E-state index is 12.5. The molecule has 9 heteroatoms. The molecule has 0 bridgehead atoms. The summed E-state index contributed by atoms with van der Waals surface area (Å²) in [5.74, 6) is 0.0205. The molecule has 2 rings (SSSR count). The lowest BCUT2D eigenvalue weighted by molar-refractivity contribution is -0.141. The van der Waals surface area contributed by atoms with E-state index in [0.29, 0.717) is 5.56 Å². The zero-order valence-electron chi connectivity index (χ0n) is 13.7. The predicted octanol–water partition coefficient (Wildman–Crippen LogP) is 3.19. The number of benzene rings is 1. The van der Waals surface area contributed by atoms with Crippen molar-refractivity contribution < 1.29 is 21.6 Å². The van der Waals surface area contributed by atoms with E-state index in [1.165, 1.54) is 25.5 Å². The van der Waals surface area contributed by atoms with E-state index in [1.807, 2.05) is 19.1 Å². The van der Waals surface area contributed by atoms with Gasteiger partial charge in [0.25, 0.3) is 0 Å². The maximum Gasteiger partial charge on any atom is 0.406 e. The number of hydrogen-bond donors (Lipinski definition) is 0. The van der Waals surface area contributed by atoms with Gasteiger partial charge >= 0.3 is 6.18 Å². The first-order valence-electron chi connectivity index (χ1n) is 7.35. The van der Waals surface area contributed by atoms with Crippen molar-refractivity contribution >= 4 is 16.1 Å². The topological polar surface area (TPSA) is 55.2 Å². The lowest BCUT2D eigenvalue weighted by atomic mass is 10.2.